The number of aliphatic hydroxyl groups excluding tert-OH is 2. The fourth-order valence-electron chi connectivity index (χ4n) is 1.79. The predicted octanol–water partition coefficient (Wildman–Crippen LogP) is 0.953. The van der Waals surface area contributed by atoms with Crippen molar-refractivity contribution in [3.63, 3.8) is 0 Å². The Morgan fingerprint density at radius 3 is 2.59 bits per heavy atom. The summed E-state index contributed by atoms with van der Waals surface area (Å²) in [5, 5.41) is 19.9. The Morgan fingerprint density at radius 2 is 1.94 bits per heavy atom. The van der Waals surface area contributed by atoms with E-state index in [4.69, 9.17) is 4.74 Å². The molecule has 1 aromatic carbocycles. The van der Waals surface area contributed by atoms with Crippen molar-refractivity contribution in [1.29, 1.82) is 0 Å². The van der Waals surface area contributed by atoms with Crippen LogP contribution in [0.15, 0.2) is 42.5 Å². The van der Waals surface area contributed by atoms with Crippen molar-refractivity contribution in [2.45, 2.75) is 24.7 Å². The maximum Gasteiger partial charge on any atom is 0.330 e. The average Bonchev–Trinajstić information content (AvgIpc) is 2.38. The number of rotatable bonds is 3. The largest absolute Gasteiger partial charge is 0.456 e. The van der Waals surface area contributed by atoms with Gasteiger partial charge in [-0.05, 0) is 5.56 Å². The third-order valence-electron chi connectivity index (χ3n) is 2.74. The van der Waals surface area contributed by atoms with Gasteiger partial charge in [-0.15, -0.1) is 0 Å². The van der Waals surface area contributed by atoms with Crippen LogP contribution in [0.1, 0.15) is 18.1 Å². The molecule has 0 saturated heterocycles. The first kappa shape index (κ1) is 11.8. The van der Waals surface area contributed by atoms with Gasteiger partial charge in [-0.3, -0.25) is 0 Å². The highest BCUT2D eigenvalue weighted by Crippen LogP contribution is 2.23. The minimum absolute atomic E-state index is 0.413. The molecule has 90 valence electrons. The summed E-state index contributed by atoms with van der Waals surface area (Å²) in [6.45, 7) is 0. The SMILES string of the molecule is O=C1C=CC[C@H]([C@@H](O)[C@H](O)c2ccccc2)O1. The van der Waals surface area contributed by atoms with Crippen LogP contribution in [0.5, 0.6) is 0 Å². The number of ether oxygens (including phenoxy) is 1. The third-order valence-corrected chi connectivity index (χ3v) is 2.74. The second-order valence-electron chi connectivity index (χ2n) is 3.96. The Kier molecular flexibility index (Phi) is 3.56. The van der Waals surface area contributed by atoms with Crippen LogP contribution in [0, 0.1) is 0 Å². The Labute approximate surface area is 99.2 Å². The van der Waals surface area contributed by atoms with E-state index < -0.39 is 24.3 Å². The highest BCUT2D eigenvalue weighted by molar-refractivity contribution is 5.82. The number of benzene rings is 1. The lowest BCUT2D eigenvalue weighted by Gasteiger charge is -2.27. The molecule has 0 saturated carbocycles. The van der Waals surface area contributed by atoms with Gasteiger partial charge in [-0.25, -0.2) is 4.79 Å². The highest BCUT2D eigenvalue weighted by atomic mass is 16.6. The number of esters is 1. The fraction of sp³-hybridized carbons (Fsp3) is 0.308. The summed E-state index contributed by atoms with van der Waals surface area (Å²) in [5.41, 5.74) is 0.602. The van der Waals surface area contributed by atoms with Crippen LogP contribution < -0.4 is 0 Å². The van der Waals surface area contributed by atoms with E-state index in [1.807, 2.05) is 6.07 Å². The molecule has 17 heavy (non-hydrogen) atoms. The highest BCUT2D eigenvalue weighted by Gasteiger charge is 2.30. The normalized spacial score (nSPS) is 22.9. The van der Waals surface area contributed by atoms with Gasteiger partial charge < -0.3 is 14.9 Å². The Morgan fingerprint density at radius 1 is 1.24 bits per heavy atom. The second kappa shape index (κ2) is 5.12. The molecule has 4 nitrogen and oxygen atoms in total. The van der Waals surface area contributed by atoms with Crippen LogP contribution in [0.25, 0.3) is 0 Å². The molecule has 3 atom stereocenters. The Balaban J connectivity index is 2.07. The van der Waals surface area contributed by atoms with Crippen molar-refractivity contribution in [3.8, 4) is 0 Å². The van der Waals surface area contributed by atoms with Gasteiger partial charge in [0.25, 0.3) is 0 Å². The molecule has 0 spiro atoms. The van der Waals surface area contributed by atoms with Crippen molar-refractivity contribution >= 4 is 5.97 Å². The summed E-state index contributed by atoms with van der Waals surface area (Å²) < 4.78 is 4.95. The van der Waals surface area contributed by atoms with Crippen LogP contribution >= 0.6 is 0 Å². The molecule has 0 bridgehead atoms. The summed E-state index contributed by atoms with van der Waals surface area (Å²) in [6, 6.07) is 8.81. The zero-order chi connectivity index (χ0) is 12.3. The molecular formula is C13H14O4. The van der Waals surface area contributed by atoms with E-state index in [9.17, 15) is 15.0 Å². The minimum atomic E-state index is -1.12. The second-order valence-corrected chi connectivity index (χ2v) is 3.96. The number of carbonyl (C=O) groups is 1. The van der Waals surface area contributed by atoms with Crippen molar-refractivity contribution in [2.75, 3.05) is 0 Å². The number of hydrogen-bond acceptors (Lipinski definition) is 4. The van der Waals surface area contributed by atoms with E-state index in [1.54, 1.807) is 30.3 Å². The minimum Gasteiger partial charge on any atom is -0.456 e. The molecule has 0 radical (unpaired) electrons. The molecule has 0 aromatic heterocycles. The number of hydrogen-bond donors (Lipinski definition) is 2. The van der Waals surface area contributed by atoms with Crippen molar-refractivity contribution in [3.05, 3.63) is 48.0 Å². The molecule has 1 heterocycles. The molecule has 1 aliphatic heterocycles. The summed E-state index contributed by atoms with van der Waals surface area (Å²) in [5.74, 6) is -0.486. The maximum absolute atomic E-state index is 11.0. The molecular weight excluding hydrogens is 220 g/mol. The zero-order valence-electron chi connectivity index (χ0n) is 9.19. The van der Waals surface area contributed by atoms with E-state index in [-0.39, 0.29) is 0 Å². The van der Waals surface area contributed by atoms with E-state index in [2.05, 4.69) is 0 Å². The first-order valence-electron chi connectivity index (χ1n) is 5.46. The summed E-state index contributed by atoms with van der Waals surface area (Å²) >= 11 is 0. The van der Waals surface area contributed by atoms with Crippen molar-refractivity contribution < 1.29 is 19.7 Å². The molecule has 0 fully saturated rings. The van der Waals surface area contributed by atoms with Gasteiger partial charge in [0.1, 0.15) is 18.3 Å². The number of carbonyl (C=O) groups excluding carboxylic acids is 1. The first-order valence-corrected chi connectivity index (χ1v) is 5.46. The standard InChI is InChI=1S/C13H14O4/c14-11-8-4-7-10(17-11)13(16)12(15)9-5-2-1-3-6-9/h1-6,8,10,12-13,15-16H,7H2/t10-,12-,13-/m1/s1. The van der Waals surface area contributed by atoms with Gasteiger partial charge >= 0.3 is 5.97 Å². The zero-order valence-corrected chi connectivity index (χ0v) is 9.19. The van der Waals surface area contributed by atoms with Crippen LogP contribution in [-0.4, -0.2) is 28.4 Å². The van der Waals surface area contributed by atoms with Gasteiger partial charge in [0.15, 0.2) is 0 Å². The number of cyclic esters (lactones) is 1. The van der Waals surface area contributed by atoms with E-state index in [1.165, 1.54) is 6.08 Å². The molecule has 0 amide bonds. The monoisotopic (exact) mass is 234 g/mol. The molecule has 1 aromatic rings. The quantitative estimate of drug-likeness (QED) is 0.764. The predicted molar refractivity (Wildman–Crippen MR) is 61.0 cm³/mol. The Hall–Kier alpha value is -1.65. The first-order chi connectivity index (χ1) is 8.18. The average molecular weight is 234 g/mol. The molecule has 2 rings (SSSR count). The van der Waals surface area contributed by atoms with Gasteiger partial charge in [0.05, 0.1) is 0 Å². The van der Waals surface area contributed by atoms with Crippen LogP contribution in [0.3, 0.4) is 0 Å². The van der Waals surface area contributed by atoms with Gasteiger partial charge in [-0.1, -0.05) is 36.4 Å². The third kappa shape index (κ3) is 2.72. The molecule has 4 heteroatoms. The summed E-state index contributed by atoms with van der Waals surface area (Å²) in [7, 11) is 0. The maximum atomic E-state index is 11.0. The number of aliphatic hydroxyl groups is 2. The van der Waals surface area contributed by atoms with E-state index in [0.717, 1.165) is 0 Å². The Bertz CT molecular complexity index is 413. The van der Waals surface area contributed by atoms with Crippen LogP contribution in [0.4, 0.5) is 0 Å². The fourth-order valence-corrected chi connectivity index (χ4v) is 1.79. The van der Waals surface area contributed by atoms with Crippen LogP contribution in [0.2, 0.25) is 0 Å². The van der Waals surface area contributed by atoms with Gasteiger partial charge in [0.2, 0.25) is 0 Å². The molecule has 1 aliphatic rings. The lowest BCUT2D eigenvalue weighted by Crippen LogP contribution is -2.36. The molecule has 0 unspecified atom stereocenters. The van der Waals surface area contributed by atoms with E-state index in [0.29, 0.717) is 12.0 Å². The van der Waals surface area contributed by atoms with Crippen LogP contribution in [-0.2, 0) is 9.53 Å². The summed E-state index contributed by atoms with van der Waals surface area (Å²) in [6.07, 6.45) is 0.501. The molecule has 0 aliphatic carbocycles. The van der Waals surface area contributed by atoms with Gasteiger partial charge in [0, 0.05) is 12.5 Å². The molecule has 2 N–H and O–H groups in total. The lowest BCUT2D eigenvalue weighted by atomic mass is 9.98. The summed E-state index contributed by atoms with van der Waals surface area (Å²) in [4.78, 5) is 11.0. The van der Waals surface area contributed by atoms with Crippen molar-refractivity contribution in [2.24, 2.45) is 0 Å². The smallest absolute Gasteiger partial charge is 0.330 e. The van der Waals surface area contributed by atoms with Gasteiger partial charge in [-0.2, -0.15) is 0 Å². The topological polar surface area (TPSA) is 66.8 Å². The van der Waals surface area contributed by atoms with E-state index >= 15 is 0 Å². The van der Waals surface area contributed by atoms with Crippen molar-refractivity contribution in [1.82, 2.24) is 0 Å². The lowest BCUT2D eigenvalue weighted by molar-refractivity contribution is -0.155.